The lowest BCUT2D eigenvalue weighted by Gasteiger charge is -2.36. The molecule has 1 saturated heterocycles. The number of aliphatic hydroxyl groups excluding tert-OH is 1. The van der Waals surface area contributed by atoms with E-state index < -0.39 is 17.8 Å². The lowest BCUT2D eigenvalue weighted by atomic mass is 9.96. The van der Waals surface area contributed by atoms with E-state index in [1.807, 2.05) is 0 Å². The van der Waals surface area contributed by atoms with E-state index in [1.54, 1.807) is 24.3 Å². The molecule has 2 aliphatic rings. The van der Waals surface area contributed by atoms with Crippen LogP contribution in [-0.2, 0) is 4.74 Å². The summed E-state index contributed by atoms with van der Waals surface area (Å²) in [7, 11) is 0. The van der Waals surface area contributed by atoms with E-state index in [0.717, 1.165) is 0 Å². The van der Waals surface area contributed by atoms with Gasteiger partial charge >= 0.3 is 0 Å². The Balaban J connectivity index is 1.26. The summed E-state index contributed by atoms with van der Waals surface area (Å²) in [5, 5.41) is 15.4. The number of hydrogen-bond donors (Lipinski definition) is 3. The fraction of sp³-hybridized carbons (Fsp3) is 0.391. The summed E-state index contributed by atoms with van der Waals surface area (Å²) in [5.74, 6) is -0.216. The Morgan fingerprint density at radius 3 is 2.69 bits per heavy atom. The quantitative estimate of drug-likeness (QED) is 0.603. The van der Waals surface area contributed by atoms with Crippen molar-refractivity contribution < 1.29 is 33.3 Å². The molecule has 9 heteroatoms. The van der Waals surface area contributed by atoms with E-state index in [9.17, 15) is 19.1 Å². The minimum Gasteiger partial charge on any atom is -0.454 e. The van der Waals surface area contributed by atoms with Gasteiger partial charge in [0.1, 0.15) is 11.9 Å². The largest absolute Gasteiger partial charge is 0.454 e. The predicted molar refractivity (Wildman–Crippen MR) is 112 cm³/mol. The second-order valence-electron chi connectivity index (χ2n) is 7.73. The minimum atomic E-state index is -0.569. The van der Waals surface area contributed by atoms with Crippen LogP contribution in [0.15, 0.2) is 42.5 Å². The van der Waals surface area contributed by atoms with Crippen molar-refractivity contribution in [1.82, 2.24) is 10.6 Å². The van der Waals surface area contributed by atoms with Gasteiger partial charge < -0.3 is 30.0 Å². The monoisotopic (exact) mass is 444 g/mol. The third-order valence-electron chi connectivity index (χ3n) is 5.62. The highest BCUT2D eigenvalue weighted by Gasteiger charge is 2.32. The van der Waals surface area contributed by atoms with Crippen LogP contribution in [0.2, 0.25) is 0 Å². The molecule has 0 spiro atoms. The van der Waals surface area contributed by atoms with Crippen molar-refractivity contribution in [2.24, 2.45) is 0 Å². The van der Waals surface area contributed by atoms with Crippen molar-refractivity contribution in [1.29, 1.82) is 0 Å². The lowest BCUT2D eigenvalue weighted by Crippen LogP contribution is -2.51. The fourth-order valence-corrected chi connectivity index (χ4v) is 3.89. The maximum Gasteiger partial charge on any atom is 0.254 e. The first kappa shape index (κ1) is 22.0. The Kier molecular flexibility index (Phi) is 6.87. The normalized spacial score (nSPS) is 21.8. The van der Waals surface area contributed by atoms with Crippen LogP contribution in [-0.4, -0.2) is 55.1 Å². The second-order valence-corrected chi connectivity index (χ2v) is 7.73. The number of hydrogen-bond acceptors (Lipinski definition) is 6. The molecule has 2 aromatic rings. The molecule has 32 heavy (non-hydrogen) atoms. The van der Waals surface area contributed by atoms with Crippen molar-refractivity contribution >= 4 is 11.8 Å². The van der Waals surface area contributed by atoms with Crippen LogP contribution in [0.4, 0.5) is 4.39 Å². The Hall–Kier alpha value is -3.17. The van der Waals surface area contributed by atoms with Crippen LogP contribution in [0.25, 0.3) is 0 Å². The number of fused-ring (bicyclic) bond motifs is 1. The van der Waals surface area contributed by atoms with Gasteiger partial charge in [-0.3, -0.25) is 9.59 Å². The van der Waals surface area contributed by atoms with Gasteiger partial charge in [-0.05, 0) is 49.6 Å². The summed E-state index contributed by atoms with van der Waals surface area (Å²) in [5.41, 5.74) is 0.431. The van der Waals surface area contributed by atoms with Crippen LogP contribution in [0, 0.1) is 5.82 Å². The van der Waals surface area contributed by atoms with E-state index in [2.05, 4.69) is 10.6 Å². The van der Waals surface area contributed by atoms with Crippen molar-refractivity contribution in [3.63, 3.8) is 0 Å². The molecular weight excluding hydrogens is 419 g/mol. The smallest absolute Gasteiger partial charge is 0.254 e. The Labute approximate surface area is 184 Å². The summed E-state index contributed by atoms with van der Waals surface area (Å²) >= 11 is 0. The number of ether oxygens (including phenoxy) is 3. The molecule has 2 amide bonds. The zero-order valence-electron chi connectivity index (χ0n) is 17.4. The van der Waals surface area contributed by atoms with Gasteiger partial charge in [-0.15, -0.1) is 0 Å². The maximum atomic E-state index is 13.7. The number of carbonyl (C=O) groups is 2. The number of rotatable bonds is 7. The molecule has 8 nitrogen and oxygen atoms in total. The van der Waals surface area contributed by atoms with Gasteiger partial charge in [-0.2, -0.15) is 0 Å². The number of benzene rings is 2. The van der Waals surface area contributed by atoms with Gasteiger partial charge in [-0.1, -0.05) is 12.1 Å². The topological polar surface area (TPSA) is 106 Å². The summed E-state index contributed by atoms with van der Waals surface area (Å²) < 4.78 is 30.2. The van der Waals surface area contributed by atoms with E-state index in [0.29, 0.717) is 42.9 Å². The van der Waals surface area contributed by atoms with Crippen LogP contribution < -0.4 is 20.1 Å². The van der Waals surface area contributed by atoms with Crippen LogP contribution in [0.3, 0.4) is 0 Å². The highest BCUT2D eigenvalue weighted by Crippen LogP contribution is 2.32. The molecule has 4 rings (SSSR count). The number of aliphatic hydroxyl groups is 1. The highest BCUT2D eigenvalue weighted by molar-refractivity contribution is 5.95. The van der Waals surface area contributed by atoms with Gasteiger partial charge in [0.15, 0.2) is 11.5 Å². The van der Waals surface area contributed by atoms with Crippen LogP contribution in [0.5, 0.6) is 11.5 Å². The molecule has 2 heterocycles. The average Bonchev–Trinajstić information content (AvgIpc) is 3.28. The summed E-state index contributed by atoms with van der Waals surface area (Å²) in [6.45, 7) is 0.194. The first-order chi connectivity index (χ1) is 15.5. The molecule has 2 aliphatic heterocycles. The molecule has 0 radical (unpaired) electrons. The van der Waals surface area contributed by atoms with Gasteiger partial charge in [0, 0.05) is 12.1 Å². The van der Waals surface area contributed by atoms with Gasteiger partial charge in [0.25, 0.3) is 11.8 Å². The minimum absolute atomic E-state index is 0.00316. The Morgan fingerprint density at radius 2 is 1.88 bits per heavy atom. The molecule has 0 aromatic heterocycles. The first-order valence-electron chi connectivity index (χ1n) is 10.5. The summed E-state index contributed by atoms with van der Waals surface area (Å²) in [6, 6.07) is 10.4. The molecule has 3 atom stereocenters. The van der Waals surface area contributed by atoms with Gasteiger partial charge in [-0.25, -0.2) is 4.39 Å². The average molecular weight is 444 g/mol. The molecule has 170 valence electrons. The molecule has 0 aliphatic carbocycles. The number of nitrogens with one attached hydrogen (secondary N) is 2. The molecule has 1 fully saturated rings. The zero-order valence-corrected chi connectivity index (χ0v) is 17.4. The fourth-order valence-electron chi connectivity index (χ4n) is 3.89. The lowest BCUT2D eigenvalue weighted by molar-refractivity contribution is -0.0893. The van der Waals surface area contributed by atoms with Crippen molar-refractivity contribution in [3.05, 3.63) is 59.4 Å². The standard InChI is InChI=1S/C23H25FN2O6/c24-17-4-2-1-3-16(17)23(29)25-10-9-15-6-7-18(21(12-27)32-15)26-22(28)14-5-8-19-20(11-14)31-13-30-19/h1-5,8,11,15,18,21,27H,6-7,9-10,12-13H2,(H,25,29)(H,26,28)/t15-,18+,21+/m0/s1. The third kappa shape index (κ3) is 5.00. The van der Waals surface area contributed by atoms with E-state index >= 15 is 0 Å². The zero-order chi connectivity index (χ0) is 22.5. The van der Waals surface area contributed by atoms with Gasteiger partial charge in [0.2, 0.25) is 6.79 Å². The van der Waals surface area contributed by atoms with Crippen LogP contribution >= 0.6 is 0 Å². The van der Waals surface area contributed by atoms with E-state index in [1.165, 1.54) is 18.2 Å². The molecule has 0 bridgehead atoms. The molecule has 0 unspecified atom stereocenters. The molecular formula is C23H25FN2O6. The number of halogens is 1. The predicted octanol–water partition coefficient (Wildman–Crippen LogP) is 2.01. The molecule has 0 saturated carbocycles. The van der Waals surface area contributed by atoms with Crippen molar-refractivity contribution in [3.8, 4) is 11.5 Å². The third-order valence-corrected chi connectivity index (χ3v) is 5.62. The first-order valence-corrected chi connectivity index (χ1v) is 10.5. The summed E-state index contributed by atoms with van der Waals surface area (Å²) in [4.78, 5) is 24.8. The van der Waals surface area contributed by atoms with Crippen molar-refractivity contribution in [2.45, 2.75) is 37.5 Å². The highest BCUT2D eigenvalue weighted by atomic mass is 19.1. The van der Waals surface area contributed by atoms with E-state index in [4.69, 9.17) is 14.2 Å². The van der Waals surface area contributed by atoms with Crippen molar-refractivity contribution in [2.75, 3.05) is 19.9 Å². The van der Waals surface area contributed by atoms with Gasteiger partial charge in [0.05, 0.1) is 24.3 Å². The van der Waals surface area contributed by atoms with Crippen LogP contribution in [0.1, 0.15) is 40.0 Å². The van der Waals surface area contributed by atoms with E-state index in [-0.39, 0.29) is 37.0 Å². The Morgan fingerprint density at radius 1 is 1.06 bits per heavy atom. The SMILES string of the molecule is O=C(N[C@@H]1CC[C@@H](CCNC(=O)c2ccccc2F)O[C@@H]1CO)c1ccc2c(c1)OCO2. The second kappa shape index (κ2) is 9.97. The molecule has 3 N–H and O–H groups in total. The summed E-state index contributed by atoms with van der Waals surface area (Å²) in [6.07, 6.45) is 1.03. The molecule has 2 aromatic carbocycles. The number of carbonyl (C=O) groups excluding carboxylic acids is 2. The maximum absolute atomic E-state index is 13.7. The Bertz CT molecular complexity index is 985. The number of amides is 2.